The van der Waals surface area contributed by atoms with Crippen molar-refractivity contribution >= 4 is 11.5 Å². The van der Waals surface area contributed by atoms with Gasteiger partial charge in [0.1, 0.15) is 11.6 Å². The number of halogens is 1. The van der Waals surface area contributed by atoms with Crippen LogP contribution in [0.5, 0.6) is 11.5 Å². The van der Waals surface area contributed by atoms with Crippen LogP contribution in [0, 0.1) is 5.82 Å². The predicted octanol–water partition coefficient (Wildman–Crippen LogP) is 3.24. The molecule has 0 aliphatic heterocycles. The van der Waals surface area contributed by atoms with Crippen molar-refractivity contribution in [2.75, 3.05) is 11.5 Å². The van der Waals surface area contributed by atoms with E-state index in [4.69, 9.17) is 16.2 Å². The molecule has 0 fully saturated rings. The minimum Gasteiger partial charge on any atom is -0.453 e. The van der Waals surface area contributed by atoms with Gasteiger partial charge in [-0.1, -0.05) is 6.07 Å². The Bertz CT molecular complexity index is 808. The summed E-state index contributed by atoms with van der Waals surface area (Å²) in [5, 5.41) is 0. The first-order valence-electron chi connectivity index (χ1n) is 6.54. The normalized spacial score (nSPS) is 10.4. The molecule has 0 saturated heterocycles. The van der Waals surface area contributed by atoms with Crippen molar-refractivity contribution in [2.45, 2.75) is 0 Å². The molecule has 3 rings (SSSR count). The SMILES string of the molecule is Nc1ccc(Oc2ccnc(N)c2-c2ccccn2)c(F)c1. The second-order valence-electron chi connectivity index (χ2n) is 4.58. The van der Waals surface area contributed by atoms with Crippen molar-refractivity contribution in [3.63, 3.8) is 0 Å². The highest BCUT2D eigenvalue weighted by atomic mass is 19.1. The Kier molecular flexibility index (Phi) is 3.57. The third-order valence-corrected chi connectivity index (χ3v) is 3.04. The molecule has 0 saturated carbocycles. The van der Waals surface area contributed by atoms with E-state index in [-0.39, 0.29) is 11.6 Å². The van der Waals surface area contributed by atoms with Gasteiger partial charge in [0, 0.05) is 24.1 Å². The molecule has 0 atom stereocenters. The molecule has 0 unspecified atom stereocenters. The molecule has 0 aliphatic rings. The molecule has 0 bridgehead atoms. The minimum atomic E-state index is -0.553. The summed E-state index contributed by atoms with van der Waals surface area (Å²) in [5.41, 5.74) is 12.9. The average Bonchev–Trinajstić information content (AvgIpc) is 2.51. The van der Waals surface area contributed by atoms with Crippen molar-refractivity contribution in [1.29, 1.82) is 0 Å². The molecule has 0 amide bonds. The minimum absolute atomic E-state index is 0.0528. The predicted molar refractivity (Wildman–Crippen MR) is 82.8 cm³/mol. The molecular weight excluding hydrogens is 283 g/mol. The molecule has 110 valence electrons. The first kappa shape index (κ1) is 13.8. The van der Waals surface area contributed by atoms with E-state index in [1.165, 1.54) is 18.3 Å². The van der Waals surface area contributed by atoms with Crippen LogP contribution in [-0.2, 0) is 0 Å². The van der Waals surface area contributed by atoms with Gasteiger partial charge >= 0.3 is 0 Å². The Hall–Kier alpha value is -3.15. The van der Waals surface area contributed by atoms with E-state index < -0.39 is 5.82 Å². The van der Waals surface area contributed by atoms with Crippen LogP contribution in [0.4, 0.5) is 15.9 Å². The number of anilines is 2. The lowest BCUT2D eigenvalue weighted by Crippen LogP contribution is -1.99. The van der Waals surface area contributed by atoms with Crippen LogP contribution >= 0.6 is 0 Å². The van der Waals surface area contributed by atoms with E-state index in [9.17, 15) is 4.39 Å². The zero-order valence-electron chi connectivity index (χ0n) is 11.5. The summed E-state index contributed by atoms with van der Waals surface area (Å²) in [7, 11) is 0. The van der Waals surface area contributed by atoms with Crippen molar-refractivity contribution in [3.8, 4) is 22.8 Å². The molecule has 0 radical (unpaired) electrons. The van der Waals surface area contributed by atoms with E-state index >= 15 is 0 Å². The summed E-state index contributed by atoms with van der Waals surface area (Å²) in [4.78, 5) is 8.27. The van der Waals surface area contributed by atoms with Crippen molar-refractivity contribution in [1.82, 2.24) is 9.97 Å². The van der Waals surface area contributed by atoms with Crippen LogP contribution in [-0.4, -0.2) is 9.97 Å². The zero-order chi connectivity index (χ0) is 15.5. The second kappa shape index (κ2) is 5.69. The summed E-state index contributed by atoms with van der Waals surface area (Å²) in [5.74, 6) is 0.126. The van der Waals surface area contributed by atoms with Crippen LogP contribution in [0.15, 0.2) is 54.9 Å². The number of hydrogen-bond acceptors (Lipinski definition) is 5. The van der Waals surface area contributed by atoms with Crippen LogP contribution < -0.4 is 16.2 Å². The highest BCUT2D eigenvalue weighted by Gasteiger charge is 2.14. The van der Waals surface area contributed by atoms with E-state index in [0.29, 0.717) is 22.7 Å². The van der Waals surface area contributed by atoms with Gasteiger partial charge in [-0.3, -0.25) is 4.98 Å². The molecular formula is C16H13FN4O. The number of nitrogens with zero attached hydrogens (tertiary/aromatic N) is 2. The van der Waals surface area contributed by atoms with Gasteiger partial charge in [0.2, 0.25) is 0 Å². The fourth-order valence-corrected chi connectivity index (χ4v) is 2.03. The van der Waals surface area contributed by atoms with Crippen molar-refractivity contribution in [3.05, 3.63) is 60.7 Å². The molecule has 3 aromatic rings. The number of nitrogens with two attached hydrogens (primary N) is 2. The summed E-state index contributed by atoms with van der Waals surface area (Å²) in [6.45, 7) is 0. The van der Waals surface area contributed by atoms with Gasteiger partial charge in [0.25, 0.3) is 0 Å². The lowest BCUT2D eigenvalue weighted by atomic mass is 10.1. The number of rotatable bonds is 3. The maximum Gasteiger partial charge on any atom is 0.167 e. The number of aromatic nitrogens is 2. The topological polar surface area (TPSA) is 87.0 Å². The number of hydrogen-bond donors (Lipinski definition) is 2. The molecule has 6 heteroatoms. The Morgan fingerprint density at radius 3 is 2.50 bits per heavy atom. The first-order valence-corrected chi connectivity index (χ1v) is 6.54. The molecule has 0 spiro atoms. The van der Waals surface area contributed by atoms with Gasteiger partial charge in [0.15, 0.2) is 11.6 Å². The average molecular weight is 296 g/mol. The van der Waals surface area contributed by atoms with Crippen molar-refractivity contribution in [2.24, 2.45) is 0 Å². The molecule has 5 nitrogen and oxygen atoms in total. The monoisotopic (exact) mass is 296 g/mol. The zero-order valence-corrected chi connectivity index (χ0v) is 11.5. The Morgan fingerprint density at radius 2 is 1.77 bits per heavy atom. The van der Waals surface area contributed by atoms with Crippen LogP contribution in [0.25, 0.3) is 11.3 Å². The van der Waals surface area contributed by atoms with Gasteiger partial charge < -0.3 is 16.2 Å². The summed E-state index contributed by atoms with van der Waals surface area (Å²) < 4.78 is 19.5. The fourth-order valence-electron chi connectivity index (χ4n) is 2.03. The van der Waals surface area contributed by atoms with E-state index in [1.54, 1.807) is 30.5 Å². The van der Waals surface area contributed by atoms with E-state index in [1.807, 2.05) is 6.07 Å². The summed E-state index contributed by atoms with van der Waals surface area (Å²) in [6, 6.07) is 11.2. The number of benzene rings is 1. The largest absolute Gasteiger partial charge is 0.453 e. The van der Waals surface area contributed by atoms with E-state index in [0.717, 1.165) is 0 Å². The van der Waals surface area contributed by atoms with Crippen LogP contribution in [0.2, 0.25) is 0 Å². The first-order chi connectivity index (χ1) is 10.6. The summed E-state index contributed by atoms with van der Waals surface area (Å²) >= 11 is 0. The van der Waals surface area contributed by atoms with Gasteiger partial charge in [-0.05, 0) is 30.3 Å². The maximum atomic E-state index is 13.9. The molecule has 22 heavy (non-hydrogen) atoms. The highest BCUT2D eigenvalue weighted by Crippen LogP contribution is 2.36. The number of pyridine rings is 2. The molecule has 2 aromatic heterocycles. The van der Waals surface area contributed by atoms with Crippen molar-refractivity contribution < 1.29 is 9.13 Å². The Balaban J connectivity index is 2.06. The molecule has 2 heterocycles. The molecule has 4 N–H and O–H groups in total. The Morgan fingerprint density at radius 1 is 0.909 bits per heavy atom. The molecule has 1 aromatic carbocycles. The van der Waals surface area contributed by atoms with Crippen LogP contribution in [0.1, 0.15) is 0 Å². The third-order valence-electron chi connectivity index (χ3n) is 3.04. The highest BCUT2D eigenvalue weighted by molar-refractivity contribution is 5.77. The maximum absolute atomic E-state index is 13.9. The van der Waals surface area contributed by atoms with Gasteiger partial charge in [-0.2, -0.15) is 0 Å². The number of nitrogen functional groups attached to an aromatic ring is 2. The van der Waals surface area contributed by atoms with Gasteiger partial charge in [0.05, 0.1) is 11.3 Å². The summed E-state index contributed by atoms with van der Waals surface area (Å²) in [6.07, 6.45) is 3.13. The lowest BCUT2D eigenvalue weighted by Gasteiger charge is -2.13. The molecule has 0 aliphatic carbocycles. The van der Waals surface area contributed by atoms with Crippen LogP contribution in [0.3, 0.4) is 0 Å². The third kappa shape index (κ3) is 2.67. The standard InChI is InChI=1S/C16H13FN4O/c17-11-9-10(18)4-5-13(11)22-14-6-8-21-16(19)15(14)12-3-1-2-7-20-12/h1-9H,18H2,(H2,19,21). The fraction of sp³-hybridized carbons (Fsp3) is 0. The van der Waals surface area contributed by atoms with Gasteiger partial charge in [-0.25, -0.2) is 9.37 Å². The smallest absolute Gasteiger partial charge is 0.167 e. The quantitative estimate of drug-likeness (QED) is 0.724. The lowest BCUT2D eigenvalue weighted by molar-refractivity contribution is 0.443. The Labute approximate surface area is 126 Å². The number of ether oxygens (including phenoxy) is 1. The van der Waals surface area contributed by atoms with Gasteiger partial charge in [-0.15, -0.1) is 0 Å². The second-order valence-corrected chi connectivity index (χ2v) is 4.58. The van der Waals surface area contributed by atoms with E-state index in [2.05, 4.69) is 9.97 Å².